The molecule has 0 atom stereocenters. The van der Waals surface area contributed by atoms with Gasteiger partial charge in [0, 0.05) is 23.7 Å². The highest BCUT2D eigenvalue weighted by molar-refractivity contribution is 7.11. The SMILES string of the molecule is O=C(NCc1ccc(Oc2nccs2)cc1)c1ccc(OC(F)(F)F)cc1. The van der Waals surface area contributed by atoms with Crippen LogP contribution in [0.1, 0.15) is 15.9 Å². The molecule has 1 aromatic heterocycles. The van der Waals surface area contributed by atoms with Crippen molar-refractivity contribution >= 4 is 17.2 Å². The molecule has 3 rings (SSSR count). The largest absolute Gasteiger partial charge is 0.573 e. The third kappa shape index (κ3) is 5.71. The van der Waals surface area contributed by atoms with Crippen LogP contribution in [-0.2, 0) is 6.54 Å². The molecular formula is C18H13F3N2O3S. The molecule has 0 aliphatic rings. The lowest BCUT2D eigenvalue weighted by Gasteiger charge is -2.10. The van der Waals surface area contributed by atoms with Gasteiger partial charge in [0.05, 0.1) is 0 Å². The van der Waals surface area contributed by atoms with Crippen molar-refractivity contribution in [1.82, 2.24) is 10.3 Å². The van der Waals surface area contributed by atoms with Gasteiger partial charge < -0.3 is 14.8 Å². The highest BCUT2D eigenvalue weighted by atomic mass is 32.1. The van der Waals surface area contributed by atoms with Crippen LogP contribution in [0.15, 0.2) is 60.1 Å². The Hall–Kier alpha value is -3.07. The summed E-state index contributed by atoms with van der Waals surface area (Å²) in [5.74, 6) is -0.160. The van der Waals surface area contributed by atoms with Gasteiger partial charge in [0.2, 0.25) is 0 Å². The van der Waals surface area contributed by atoms with Gasteiger partial charge in [0.25, 0.3) is 11.1 Å². The van der Waals surface area contributed by atoms with Crippen LogP contribution in [0.25, 0.3) is 0 Å². The first-order chi connectivity index (χ1) is 12.9. The zero-order valence-electron chi connectivity index (χ0n) is 13.7. The first-order valence-electron chi connectivity index (χ1n) is 7.69. The van der Waals surface area contributed by atoms with Gasteiger partial charge in [-0.3, -0.25) is 4.79 Å². The lowest BCUT2D eigenvalue weighted by molar-refractivity contribution is -0.274. The van der Waals surface area contributed by atoms with Crippen LogP contribution in [0, 0.1) is 0 Å². The van der Waals surface area contributed by atoms with E-state index in [1.54, 1.807) is 35.8 Å². The van der Waals surface area contributed by atoms with Gasteiger partial charge in [0.15, 0.2) is 0 Å². The summed E-state index contributed by atoms with van der Waals surface area (Å²) in [6, 6.07) is 11.8. The second-order valence-electron chi connectivity index (χ2n) is 5.30. The Balaban J connectivity index is 1.52. The van der Waals surface area contributed by atoms with Gasteiger partial charge in [-0.25, -0.2) is 4.98 Å². The van der Waals surface area contributed by atoms with Crippen LogP contribution in [-0.4, -0.2) is 17.3 Å². The second-order valence-corrected chi connectivity index (χ2v) is 6.16. The molecule has 0 fully saturated rings. The second kappa shape index (κ2) is 8.09. The average Bonchev–Trinajstić information content (AvgIpc) is 3.13. The van der Waals surface area contributed by atoms with E-state index in [2.05, 4.69) is 15.0 Å². The Labute approximate surface area is 156 Å². The van der Waals surface area contributed by atoms with Crippen molar-refractivity contribution in [2.75, 3.05) is 0 Å². The van der Waals surface area contributed by atoms with E-state index >= 15 is 0 Å². The maximum atomic E-state index is 12.1. The number of aromatic nitrogens is 1. The molecular weight excluding hydrogens is 381 g/mol. The molecule has 0 spiro atoms. The van der Waals surface area contributed by atoms with Crippen molar-refractivity contribution in [2.45, 2.75) is 12.9 Å². The van der Waals surface area contributed by atoms with Crippen molar-refractivity contribution in [3.8, 4) is 16.7 Å². The molecule has 1 amide bonds. The first-order valence-corrected chi connectivity index (χ1v) is 8.57. The molecule has 5 nitrogen and oxygen atoms in total. The van der Waals surface area contributed by atoms with Gasteiger partial charge in [-0.05, 0) is 42.0 Å². The number of nitrogens with zero attached hydrogens (tertiary/aromatic N) is 1. The number of alkyl halides is 3. The molecule has 0 unspecified atom stereocenters. The lowest BCUT2D eigenvalue weighted by atomic mass is 10.2. The van der Waals surface area contributed by atoms with Crippen LogP contribution in [0.3, 0.4) is 0 Å². The van der Waals surface area contributed by atoms with E-state index in [-0.39, 0.29) is 17.9 Å². The van der Waals surface area contributed by atoms with Crippen LogP contribution in [0.4, 0.5) is 13.2 Å². The van der Waals surface area contributed by atoms with Crippen molar-refractivity contribution in [2.24, 2.45) is 0 Å². The van der Waals surface area contributed by atoms with Crippen molar-refractivity contribution in [3.05, 3.63) is 71.2 Å². The average molecular weight is 394 g/mol. The van der Waals surface area contributed by atoms with E-state index < -0.39 is 12.3 Å². The summed E-state index contributed by atoms with van der Waals surface area (Å²) >= 11 is 1.38. The maximum absolute atomic E-state index is 12.1. The van der Waals surface area contributed by atoms with E-state index in [9.17, 15) is 18.0 Å². The number of hydrogen-bond acceptors (Lipinski definition) is 5. The number of nitrogens with one attached hydrogen (secondary N) is 1. The number of carbonyl (C=O) groups excluding carboxylic acids is 1. The minimum Gasteiger partial charge on any atom is -0.431 e. The molecule has 9 heteroatoms. The Kier molecular flexibility index (Phi) is 5.60. The fourth-order valence-electron chi connectivity index (χ4n) is 2.13. The molecule has 0 bridgehead atoms. The first kappa shape index (κ1) is 18.7. The third-order valence-corrected chi connectivity index (χ3v) is 3.99. The summed E-state index contributed by atoms with van der Waals surface area (Å²) in [6.07, 6.45) is -3.12. The van der Waals surface area contributed by atoms with Crippen LogP contribution < -0.4 is 14.8 Å². The van der Waals surface area contributed by atoms with Gasteiger partial charge in [-0.1, -0.05) is 23.5 Å². The molecule has 1 heterocycles. The molecule has 0 saturated carbocycles. The minimum atomic E-state index is -4.76. The Morgan fingerprint density at radius 2 is 1.70 bits per heavy atom. The van der Waals surface area contributed by atoms with E-state index in [1.807, 2.05) is 0 Å². The lowest BCUT2D eigenvalue weighted by Crippen LogP contribution is -2.22. The Bertz CT molecular complexity index is 880. The van der Waals surface area contributed by atoms with Gasteiger partial charge >= 0.3 is 6.36 Å². The number of ether oxygens (including phenoxy) is 2. The van der Waals surface area contributed by atoms with E-state index in [1.165, 1.54) is 23.5 Å². The molecule has 2 aromatic carbocycles. The number of carbonyl (C=O) groups is 1. The van der Waals surface area contributed by atoms with Gasteiger partial charge in [-0.2, -0.15) is 0 Å². The summed E-state index contributed by atoms with van der Waals surface area (Å²) in [5, 5.41) is 5.04. The number of amides is 1. The topological polar surface area (TPSA) is 60.5 Å². The molecule has 0 saturated heterocycles. The predicted octanol–water partition coefficient (Wildman–Crippen LogP) is 4.76. The van der Waals surface area contributed by atoms with E-state index in [0.29, 0.717) is 10.9 Å². The quantitative estimate of drug-likeness (QED) is 0.655. The zero-order chi connectivity index (χ0) is 19.3. The summed E-state index contributed by atoms with van der Waals surface area (Å²) in [4.78, 5) is 16.1. The van der Waals surface area contributed by atoms with Crippen molar-refractivity contribution in [3.63, 3.8) is 0 Å². The molecule has 1 N–H and O–H groups in total. The minimum absolute atomic E-state index is 0.230. The van der Waals surface area contributed by atoms with Crippen molar-refractivity contribution < 1.29 is 27.4 Å². The monoisotopic (exact) mass is 394 g/mol. The molecule has 0 aliphatic heterocycles. The summed E-state index contributed by atoms with van der Waals surface area (Å²) in [7, 11) is 0. The molecule has 0 radical (unpaired) electrons. The van der Waals surface area contributed by atoms with Crippen LogP contribution in [0.2, 0.25) is 0 Å². The van der Waals surface area contributed by atoms with Gasteiger partial charge in [0.1, 0.15) is 11.5 Å². The number of rotatable bonds is 6. The number of benzene rings is 2. The summed E-state index contributed by atoms with van der Waals surface area (Å²) in [5.41, 5.74) is 1.07. The normalized spacial score (nSPS) is 11.1. The molecule has 0 aliphatic carbocycles. The highest BCUT2D eigenvalue weighted by Gasteiger charge is 2.31. The van der Waals surface area contributed by atoms with Crippen LogP contribution >= 0.6 is 11.3 Å². The van der Waals surface area contributed by atoms with E-state index in [4.69, 9.17) is 4.74 Å². The number of hydrogen-bond donors (Lipinski definition) is 1. The fraction of sp³-hybridized carbons (Fsp3) is 0.111. The standard InChI is InChI=1S/C18H13F3N2O3S/c19-18(20,21)26-15-7-3-13(4-8-15)16(24)23-11-12-1-5-14(6-2-12)25-17-22-9-10-27-17/h1-10H,11H2,(H,23,24). The predicted molar refractivity (Wildman–Crippen MR) is 92.9 cm³/mol. The number of thiazole rings is 1. The van der Waals surface area contributed by atoms with Crippen molar-refractivity contribution in [1.29, 1.82) is 0 Å². The van der Waals surface area contributed by atoms with E-state index in [0.717, 1.165) is 17.7 Å². The van der Waals surface area contributed by atoms with Gasteiger partial charge in [-0.15, -0.1) is 13.2 Å². The summed E-state index contributed by atoms with van der Waals surface area (Å²) < 4.78 is 45.7. The fourth-order valence-corrected chi connectivity index (χ4v) is 2.63. The Morgan fingerprint density at radius 1 is 1.04 bits per heavy atom. The highest BCUT2D eigenvalue weighted by Crippen LogP contribution is 2.24. The zero-order valence-corrected chi connectivity index (χ0v) is 14.5. The third-order valence-electron chi connectivity index (χ3n) is 3.34. The maximum Gasteiger partial charge on any atom is 0.573 e. The Morgan fingerprint density at radius 3 is 2.30 bits per heavy atom. The van der Waals surface area contributed by atoms with Crippen LogP contribution in [0.5, 0.6) is 16.7 Å². The molecule has 27 heavy (non-hydrogen) atoms. The summed E-state index contributed by atoms with van der Waals surface area (Å²) in [6.45, 7) is 0.261. The smallest absolute Gasteiger partial charge is 0.431 e. The molecule has 3 aromatic rings. The number of halogens is 3. The molecule has 140 valence electrons.